The van der Waals surface area contributed by atoms with Gasteiger partial charge in [0.05, 0.1) is 5.75 Å². The summed E-state index contributed by atoms with van der Waals surface area (Å²) in [6, 6.07) is 15.9. The van der Waals surface area contributed by atoms with Crippen molar-refractivity contribution in [2.24, 2.45) is 0 Å². The number of fused-ring (bicyclic) bond motifs is 1. The van der Waals surface area contributed by atoms with Gasteiger partial charge in [0.2, 0.25) is 11.7 Å². The van der Waals surface area contributed by atoms with E-state index in [2.05, 4.69) is 41.1 Å². The van der Waals surface area contributed by atoms with Crippen LogP contribution in [0.15, 0.2) is 62.7 Å². The minimum absolute atomic E-state index is 0.502. The third-order valence-corrected chi connectivity index (χ3v) is 4.71. The largest absolute Gasteiger partial charge is 0.431 e. The summed E-state index contributed by atoms with van der Waals surface area (Å²) in [5.41, 5.74) is 3.87. The molecule has 0 N–H and O–H groups in total. The lowest BCUT2D eigenvalue weighted by Crippen LogP contribution is -1.88. The Morgan fingerprint density at radius 1 is 1.00 bits per heavy atom. The molecule has 25 heavy (non-hydrogen) atoms. The van der Waals surface area contributed by atoms with E-state index in [4.69, 9.17) is 8.94 Å². The van der Waals surface area contributed by atoms with E-state index in [1.165, 1.54) is 17.3 Å². The van der Waals surface area contributed by atoms with Crippen molar-refractivity contribution in [2.45, 2.75) is 30.7 Å². The molecule has 0 aliphatic rings. The first-order valence-corrected chi connectivity index (χ1v) is 9.09. The molecule has 0 atom stereocenters. The maximum Gasteiger partial charge on any atom is 0.257 e. The summed E-state index contributed by atoms with van der Waals surface area (Å²) in [7, 11) is 0. The van der Waals surface area contributed by atoms with Gasteiger partial charge in [0.1, 0.15) is 5.52 Å². The molecular weight excluding hydrogens is 334 g/mol. The van der Waals surface area contributed by atoms with E-state index in [1.807, 2.05) is 36.4 Å². The predicted octanol–water partition coefficient (Wildman–Crippen LogP) is 5.29. The molecule has 0 fully saturated rings. The second-order valence-electron chi connectivity index (χ2n) is 6.02. The SMILES string of the molecule is CC(C)c1ccc(-c2noc(CSc3nc4ccccc4o3)n2)cc1. The van der Waals surface area contributed by atoms with Crippen molar-refractivity contribution in [3.05, 3.63) is 60.0 Å². The summed E-state index contributed by atoms with van der Waals surface area (Å²) in [4.78, 5) is 8.88. The van der Waals surface area contributed by atoms with E-state index < -0.39 is 0 Å². The highest BCUT2D eigenvalue weighted by Gasteiger charge is 2.12. The van der Waals surface area contributed by atoms with Crippen LogP contribution in [0.3, 0.4) is 0 Å². The summed E-state index contributed by atoms with van der Waals surface area (Å²) < 4.78 is 11.0. The van der Waals surface area contributed by atoms with E-state index in [1.54, 1.807) is 0 Å². The van der Waals surface area contributed by atoms with Gasteiger partial charge in [-0.3, -0.25) is 0 Å². The number of thioether (sulfide) groups is 1. The summed E-state index contributed by atoms with van der Waals surface area (Å²) in [6.07, 6.45) is 0. The molecule has 0 spiro atoms. The summed E-state index contributed by atoms with van der Waals surface area (Å²) >= 11 is 1.44. The van der Waals surface area contributed by atoms with Crippen LogP contribution in [0.4, 0.5) is 0 Å². The van der Waals surface area contributed by atoms with Gasteiger partial charge in [0, 0.05) is 5.56 Å². The molecule has 0 saturated heterocycles. The first-order chi connectivity index (χ1) is 12.2. The van der Waals surface area contributed by atoms with Crippen LogP contribution in [0.1, 0.15) is 31.2 Å². The molecule has 0 saturated carbocycles. The third kappa shape index (κ3) is 3.44. The number of rotatable bonds is 5. The third-order valence-electron chi connectivity index (χ3n) is 3.90. The number of hydrogen-bond acceptors (Lipinski definition) is 6. The van der Waals surface area contributed by atoms with Crippen LogP contribution in [0.5, 0.6) is 0 Å². The summed E-state index contributed by atoms with van der Waals surface area (Å²) in [5.74, 6) is 2.17. The summed E-state index contributed by atoms with van der Waals surface area (Å²) in [6.45, 7) is 4.34. The van der Waals surface area contributed by atoms with E-state index in [-0.39, 0.29) is 0 Å². The zero-order chi connectivity index (χ0) is 17.2. The lowest BCUT2D eigenvalue weighted by atomic mass is 10.0. The van der Waals surface area contributed by atoms with Gasteiger partial charge in [-0.15, -0.1) is 0 Å². The van der Waals surface area contributed by atoms with Gasteiger partial charge in [-0.25, -0.2) is 4.98 Å². The molecule has 126 valence electrons. The highest BCUT2D eigenvalue weighted by Crippen LogP contribution is 2.27. The Balaban J connectivity index is 1.45. The van der Waals surface area contributed by atoms with E-state index in [0.717, 1.165) is 16.7 Å². The van der Waals surface area contributed by atoms with Crippen LogP contribution in [0.2, 0.25) is 0 Å². The number of hydrogen-bond donors (Lipinski definition) is 0. The molecule has 0 radical (unpaired) electrons. The maximum atomic E-state index is 5.68. The number of nitrogens with zero attached hydrogens (tertiary/aromatic N) is 3. The van der Waals surface area contributed by atoms with Crippen LogP contribution in [0, 0.1) is 0 Å². The van der Waals surface area contributed by atoms with Gasteiger partial charge in [-0.2, -0.15) is 4.98 Å². The number of benzene rings is 2. The Labute approximate surface area is 149 Å². The smallest absolute Gasteiger partial charge is 0.257 e. The van der Waals surface area contributed by atoms with Crippen molar-refractivity contribution in [3.8, 4) is 11.4 Å². The Morgan fingerprint density at radius 2 is 1.80 bits per heavy atom. The molecule has 6 heteroatoms. The second-order valence-corrected chi connectivity index (χ2v) is 6.95. The highest BCUT2D eigenvalue weighted by molar-refractivity contribution is 7.98. The molecule has 4 aromatic rings. The van der Waals surface area contributed by atoms with Gasteiger partial charge in [0.25, 0.3) is 5.22 Å². The Kier molecular flexibility index (Phi) is 4.28. The van der Waals surface area contributed by atoms with Gasteiger partial charge >= 0.3 is 0 Å². The lowest BCUT2D eigenvalue weighted by Gasteiger charge is -2.04. The normalized spacial score (nSPS) is 11.5. The minimum atomic E-state index is 0.502. The summed E-state index contributed by atoms with van der Waals surface area (Å²) in [5, 5.41) is 4.66. The first kappa shape index (κ1) is 15.9. The molecule has 2 aromatic heterocycles. The van der Waals surface area contributed by atoms with E-state index >= 15 is 0 Å². The fraction of sp³-hybridized carbons (Fsp3) is 0.211. The number of para-hydroxylation sites is 2. The van der Waals surface area contributed by atoms with Crippen molar-refractivity contribution in [2.75, 3.05) is 0 Å². The lowest BCUT2D eigenvalue weighted by molar-refractivity contribution is 0.391. The fourth-order valence-corrected chi connectivity index (χ4v) is 3.16. The average Bonchev–Trinajstić information content (AvgIpc) is 3.26. The van der Waals surface area contributed by atoms with Crippen LogP contribution < -0.4 is 0 Å². The quantitative estimate of drug-likeness (QED) is 0.455. The Bertz CT molecular complexity index is 956. The molecule has 4 rings (SSSR count). The van der Waals surface area contributed by atoms with Crippen molar-refractivity contribution in [1.29, 1.82) is 0 Å². The van der Waals surface area contributed by atoms with E-state index in [0.29, 0.717) is 28.6 Å². The van der Waals surface area contributed by atoms with Crippen molar-refractivity contribution in [1.82, 2.24) is 15.1 Å². The van der Waals surface area contributed by atoms with Crippen LogP contribution in [0.25, 0.3) is 22.5 Å². The standard InChI is InChI=1S/C19H17N3O2S/c1-12(2)13-7-9-14(10-8-13)18-21-17(24-22-18)11-25-19-20-15-5-3-4-6-16(15)23-19/h3-10,12H,11H2,1-2H3. The highest BCUT2D eigenvalue weighted by atomic mass is 32.2. The van der Waals surface area contributed by atoms with Gasteiger partial charge in [0.15, 0.2) is 5.58 Å². The predicted molar refractivity (Wildman–Crippen MR) is 97.4 cm³/mol. The topological polar surface area (TPSA) is 65.0 Å². The van der Waals surface area contributed by atoms with Gasteiger partial charge in [-0.1, -0.05) is 67.2 Å². The van der Waals surface area contributed by atoms with Crippen LogP contribution in [-0.2, 0) is 5.75 Å². The molecule has 0 aliphatic carbocycles. The molecule has 5 nitrogen and oxygen atoms in total. The molecule has 0 bridgehead atoms. The molecule has 0 unspecified atom stereocenters. The zero-order valence-corrected chi connectivity index (χ0v) is 14.8. The first-order valence-electron chi connectivity index (χ1n) is 8.10. The van der Waals surface area contributed by atoms with Gasteiger partial charge < -0.3 is 8.94 Å². The van der Waals surface area contributed by atoms with Crippen molar-refractivity contribution < 1.29 is 8.94 Å². The second kappa shape index (κ2) is 6.72. The van der Waals surface area contributed by atoms with Crippen molar-refractivity contribution in [3.63, 3.8) is 0 Å². The number of oxazole rings is 1. The average molecular weight is 351 g/mol. The molecular formula is C19H17N3O2S. The van der Waals surface area contributed by atoms with Crippen molar-refractivity contribution >= 4 is 22.9 Å². The molecule has 0 amide bonds. The van der Waals surface area contributed by atoms with E-state index in [9.17, 15) is 0 Å². The molecule has 2 aromatic carbocycles. The molecule has 0 aliphatic heterocycles. The van der Waals surface area contributed by atoms with Crippen LogP contribution >= 0.6 is 11.8 Å². The fourth-order valence-electron chi connectivity index (χ4n) is 2.48. The number of aromatic nitrogens is 3. The van der Waals surface area contributed by atoms with Gasteiger partial charge in [-0.05, 0) is 23.6 Å². The zero-order valence-electron chi connectivity index (χ0n) is 14.0. The van der Waals surface area contributed by atoms with Crippen LogP contribution in [-0.4, -0.2) is 15.1 Å². The maximum absolute atomic E-state index is 5.68. The minimum Gasteiger partial charge on any atom is -0.431 e. The Hall–Kier alpha value is -2.60. The Morgan fingerprint density at radius 3 is 2.56 bits per heavy atom. The monoisotopic (exact) mass is 351 g/mol. The molecule has 2 heterocycles.